The first-order valence-corrected chi connectivity index (χ1v) is 8.16. The molecule has 1 N–H and O–H groups in total. The first-order valence-electron chi connectivity index (χ1n) is 8.16. The van der Waals surface area contributed by atoms with E-state index in [1.807, 2.05) is 6.07 Å². The average Bonchev–Trinajstić information content (AvgIpc) is 2.44. The van der Waals surface area contributed by atoms with Gasteiger partial charge in [-0.3, -0.25) is 4.90 Å². The van der Waals surface area contributed by atoms with E-state index in [0.29, 0.717) is 36.9 Å². The SMILES string of the molecule is CC(C)CCOc1cnc2c(c1)COC(=O)N2[C@H]1C[C@](C)(O)C1. The predicted octanol–water partition coefficient (Wildman–Crippen LogP) is 2.88. The standard InChI is InChI=1S/C17H24N2O4/c1-11(2)4-5-22-14-6-12-10-23-16(20)19(15(12)18-9-14)13-7-17(3,21)8-13/h6,9,11,13,21H,4-5,7-8,10H2,1-3H3/t13-,17-. The number of anilines is 1. The van der Waals surface area contributed by atoms with Gasteiger partial charge in [0.15, 0.2) is 0 Å². The third-order valence-corrected chi connectivity index (χ3v) is 4.37. The number of fused-ring (bicyclic) bond motifs is 1. The third-order valence-electron chi connectivity index (χ3n) is 4.37. The highest BCUT2D eigenvalue weighted by molar-refractivity contribution is 5.90. The Morgan fingerprint density at radius 3 is 2.91 bits per heavy atom. The number of cyclic esters (lactones) is 1. The molecule has 0 radical (unpaired) electrons. The summed E-state index contributed by atoms with van der Waals surface area (Å²) in [5.74, 6) is 1.91. The van der Waals surface area contributed by atoms with Gasteiger partial charge in [-0.05, 0) is 38.2 Å². The van der Waals surface area contributed by atoms with Crippen LogP contribution in [0.4, 0.5) is 10.6 Å². The van der Waals surface area contributed by atoms with Crippen molar-refractivity contribution in [3.05, 3.63) is 17.8 Å². The number of hydrogen-bond acceptors (Lipinski definition) is 5. The predicted molar refractivity (Wildman–Crippen MR) is 85.5 cm³/mol. The quantitative estimate of drug-likeness (QED) is 0.903. The van der Waals surface area contributed by atoms with Crippen LogP contribution >= 0.6 is 0 Å². The molecule has 1 fully saturated rings. The lowest BCUT2D eigenvalue weighted by Crippen LogP contribution is -2.57. The first-order chi connectivity index (χ1) is 10.9. The molecule has 0 atom stereocenters. The molecule has 23 heavy (non-hydrogen) atoms. The van der Waals surface area contributed by atoms with Crippen molar-refractivity contribution in [2.45, 2.75) is 58.3 Å². The van der Waals surface area contributed by atoms with E-state index in [2.05, 4.69) is 18.8 Å². The summed E-state index contributed by atoms with van der Waals surface area (Å²) in [5.41, 5.74) is 0.140. The lowest BCUT2D eigenvalue weighted by Gasteiger charge is -2.46. The highest BCUT2D eigenvalue weighted by atomic mass is 16.6. The molecule has 6 heteroatoms. The molecule has 1 aliphatic heterocycles. The number of rotatable bonds is 5. The number of amides is 1. The second-order valence-corrected chi connectivity index (χ2v) is 7.17. The Balaban J connectivity index is 1.73. The van der Waals surface area contributed by atoms with Gasteiger partial charge in [-0.1, -0.05) is 13.8 Å². The second kappa shape index (κ2) is 6.00. The summed E-state index contributed by atoms with van der Waals surface area (Å²) in [6.07, 6.45) is 3.32. The normalized spacial score (nSPS) is 26.6. The van der Waals surface area contributed by atoms with Crippen LogP contribution < -0.4 is 9.64 Å². The molecule has 1 aromatic heterocycles. The molecule has 3 rings (SSSR count). The molecule has 1 amide bonds. The minimum Gasteiger partial charge on any atom is -0.492 e. The molecule has 0 unspecified atom stereocenters. The van der Waals surface area contributed by atoms with E-state index in [4.69, 9.17) is 9.47 Å². The Kier molecular flexibility index (Phi) is 4.19. The Morgan fingerprint density at radius 1 is 1.52 bits per heavy atom. The van der Waals surface area contributed by atoms with Crippen LogP contribution in [0.15, 0.2) is 12.3 Å². The Hall–Kier alpha value is -1.82. The van der Waals surface area contributed by atoms with Crippen LogP contribution in [0.3, 0.4) is 0 Å². The van der Waals surface area contributed by atoms with Gasteiger partial charge in [-0.2, -0.15) is 0 Å². The fraction of sp³-hybridized carbons (Fsp3) is 0.647. The summed E-state index contributed by atoms with van der Waals surface area (Å²) in [6, 6.07) is 1.83. The fourth-order valence-electron chi connectivity index (χ4n) is 3.05. The molecule has 0 bridgehead atoms. The van der Waals surface area contributed by atoms with E-state index < -0.39 is 5.60 Å². The summed E-state index contributed by atoms with van der Waals surface area (Å²) >= 11 is 0. The topological polar surface area (TPSA) is 71.9 Å². The van der Waals surface area contributed by atoms with Crippen LogP contribution in [0.25, 0.3) is 0 Å². The van der Waals surface area contributed by atoms with Crippen LogP contribution in [0.5, 0.6) is 5.75 Å². The van der Waals surface area contributed by atoms with Gasteiger partial charge in [-0.25, -0.2) is 9.78 Å². The number of ether oxygens (including phenoxy) is 2. The Bertz CT molecular complexity index is 592. The summed E-state index contributed by atoms with van der Waals surface area (Å²) < 4.78 is 11.0. The maximum absolute atomic E-state index is 12.1. The Morgan fingerprint density at radius 2 is 2.26 bits per heavy atom. The van der Waals surface area contributed by atoms with Crippen molar-refractivity contribution < 1.29 is 19.4 Å². The van der Waals surface area contributed by atoms with Gasteiger partial charge < -0.3 is 14.6 Å². The maximum Gasteiger partial charge on any atom is 0.416 e. The van der Waals surface area contributed by atoms with E-state index in [0.717, 1.165) is 12.0 Å². The number of aliphatic hydroxyl groups is 1. The number of hydrogen-bond donors (Lipinski definition) is 1. The third kappa shape index (κ3) is 3.42. The number of carbonyl (C=O) groups is 1. The largest absolute Gasteiger partial charge is 0.492 e. The van der Waals surface area contributed by atoms with Crippen molar-refractivity contribution in [1.82, 2.24) is 4.98 Å². The van der Waals surface area contributed by atoms with Crippen LogP contribution in [-0.4, -0.2) is 34.4 Å². The van der Waals surface area contributed by atoms with E-state index >= 15 is 0 Å². The minimum atomic E-state index is -0.706. The van der Waals surface area contributed by atoms with Crippen LogP contribution in [0, 0.1) is 5.92 Å². The summed E-state index contributed by atoms with van der Waals surface area (Å²) in [4.78, 5) is 18.1. The van der Waals surface area contributed by atoms with Gasteiger partial charge in [0.25, 0.3) is 0 Å². The fourth-order valence-corrected chi connectivity index (χ4v) is 3.05. The number of carbonyl (C=O) groups excluding carboxylic acids is 1. The highest BCUT2D eigenvalue weighted by Crippen LogP contribution is 2.40. The van der Waals surface area contributed by atoms with Gasteiger partial charge in [0, 0.05) is 11.6 Å². The van der Waals surface area contributed by atoms with Crippen LogP contribution in [0.2, 0.25) is 0 Å². The number of pyridine rings is 1. The molecule has 1 aliphatic carbocycles. The van der Waals surface area contributed by atoms with Crippen molar-refractivity contribution in [2.75, 3.05) is 11.5 Å². The van der Waals surface area contributed by atoms with Crippen LogP contribution in [0.1, 0.15) is 45.6 Å². The van der Waals surface area contributed by atoms with Crippen molar-refractivity contribution in [3.63, 3.8) is 0 Å². The molecule has 0 saturated heterocycles. The van der Waals surface area contributed by atoms with E-state index in [1.54, 1.807) is 18.0 Å². The summed E-state index contributed by atoms with van der Waals surface area (Å²) in [7, 11) is 0. The first kappa shape index (κ1) is 16.1. The van der Waals surface area contributed by atoms with Gasteiger partial charge in [0.2, 0.25) is 0 Å². The number of aromatic nitrogens is 1. The van der Waals surface area contributed by atoms with Crippen molar-refractivity contribution in [2.24, 2.45) is 5.92 Å². The van der Waals surface area contributed by atoms with Crippen LogP contribution in [-0.2, 0) is 11.3 Å². The molecule has 1 saturated carbocycles. The average molecular weight is 320 g/mol. The monoisotopic (exact) mass is 320 g/mol. The highest BCUT2D eigenvalue weighted by Gasteiger charge is 2.46. The lowest BCUT2D eigenvalue weighted by molar-refractivity contribution is -0.0315. The van der Waals surface area contributed by atoms with E-state index in [9.17, 15) is 9.90 Å². The number of nitrogens with zero attached hydrogens (tertiary/aromatic N) is 2. The summed E-state index contributed by atoms with van der Waals surface area (Å²) in [5, 5.41) is 9.92. The van der Waals surface area contributed by atoms with Crippen molar-refractivity contribution >= 4 is 11.9 Å². The molecular formula is C17H24N2O4. The van der Waals surface area contributed by atoms with Gasteiger partial charge >= 0.3 is 6.09 Å². The second-order valence-electron chi connectivity index (χ2n) is 7.17. The molecular weight excluding hydrogens is 296 g/mol. The molecule has 2 aliphatic rings. The van der Waals surface area contributed by atoms with E-state index in [-0.39, 0.29) is 18.7 Å². The lowest BCUT2D eigenvalue weighted by atomic mass is 9.76. The van der Waals surface area contributed by atoms with E-state index in [1.165, 1.54) is 0 Å². The zero-order valence-electron chi connectivity index (χ0n) is 13.9. The minimum absolute atomic E-state index is 0.0586. The molecule has 1 aromatic rings. The zero-order valence-corrected chi connectivity index (χ0v) is 13.9. The van der Waals surface area contributed by atoms with Crippen molar-refractivity contribution in [3.8, 4) is 5.75 Å². The molecule has 0 spiro atoms. The summed E-state index contributed by atoms with van der Waals surface area (Å²) in [6.45, 7) is 6.94. The Labute approximate surface area is 136 Å². The smallest absolute Gasteiger partial charge is 0.416 e. The molecule has 126 valence electrons. The maximum atomic E-state index is 12.1. The van der Waals surface area contributed by atoms with Gasteiger partial charge in [-0.15, -0.1) is 0 Å². The van der Waals surface area contributed by atoms with Gasteiger partial charge in [0.1, 0.15) is 18.2 Å². The molecule has 0 aromatic carbocycles. The van der Waals surface area contributed by atoms with Crippen molar-refractivity contribution in [1.29, 1.82) is 0 Å². The molecule has 6 nitrogen and oxygen atoms in total. The zero-order chi connectivity index (χ0) is 16.6. The van der Waals surface area contributed by atoms with Gasteiger partial charge in [0.05, 0.1) is 18.4 Å². The molecule has 2 heterocycles.